The second kappa shape index (κ2) is 5.39. The number of hydrogen-bond acceptors (Lipinski definition) is 3. The summed E-state index contributed by atoms with van der Waals surface area (Å²) in [5.74, 6) is 1.61. The lowest BCUT2D eigenvalue weighted by Crippen LogP contribution is -2.64. The molecule has 0 bridgehead atoms. The molecule has 0 saturated carbocycles. The first-order valence-electron chi connectivity index (χ1n) is 5.26. The smallest absolute Gasteiger partial charge is 0.248 e. The van der Waals surface area contributed by atoms with E-state index in [9.17, 15) is 9.59 Å². The van der Waals surface area contributed by atoms with E-state index >= 15 is 0 Å². The highest BCUT2D eigenvalue weighted by molar-refractivity contribution is 7.99. The number of amides is 2. The molecule has 1 rings (SSSR count). The number of nitrogens with one attached hydrogen (secondary N) is 1. The fourth-order valence-corrected chi connectivity index (χ4v) is 2.29. The van der Waals surface area contributed by atoms with Crippen molar-refractivity contribution >= 4 is 23.6 Å². The van der Waals surface area contributed by atoms with Gasteiger partial charge in [0.2, 0.25) is 11.8 Å². The maximum Gasteiger partial charge on any atom is 0.248 e. The quantitative estimate of drug-likeness (QED) is 0.568. The predicted octanol–water partition coefficient (Wildman–Crippen LogP) is 0.643. The SMILES string of the molecule is C=CCSCCN1CC(=O)NC(C)(C)C1=O. The molecule has 1 aliphatic rings. The third kappa shape index (κ3) is 3.27. The zero-order valence-corrected chi connectivity index (χ0v) is 10.6. The van der Waals surface area contributed by atoms with Gasteiger partial charge in [0.15, 0.2) is 0 Å². The zero-order chi connectivity index (χ0) is 12.2. The fourth-order valence-electron chi connectivity index (χ4n) is 1.60. The molecule has 1 N–H and O–H groups in total. The molecule has 5 heteroatoms. The second-order valence-corrected chi connectivity index (χ2v) is 5.41. The molecule has 0 aromatic rings. The van der Waals surface area contributed by atoms with Gasteiger partial charge in [-0.25, -0.2) is 0 Å². The van der Waals surface area contributed by atoms with E-state index in [1.807, 2.05) is 6.08 Å². The van der Waals surface area contributed by atoms with Gasteiger partial charge in [0, 0.05) is 18.1 Å². The molecule has 16 heavy (non-hydrogen) atoms. The normalized spacial score (nSPS) is 19.5. The summed E-state index contributed by atoms with van der Waals surface area (Å²) >= 11 is 1.71. The number of carbonyl (C=O) groups excluding carboxylic acids is 2. The van der Waals surface area contributed by atoms with E-state index in [-0.39, 0.29) is 18.4 Å². The zero-order valence-electron chi connectivity index (χ0n) is 9.78. The summed E-state index contributed by atoms with van der Waals surface area (Å²) in [7, 11) is 0. The van der Waals surface area contributed by atoms with Gasteiger partial charge in [0.05, 0.1) is 6.54 Å². The summed E-state index contributed by atoms with van der Waals surface area (Å²) in [6.07, 6.45) is 1.83. The van der Waals surface area contributed by atoms with Crippen LogP contribution in [0.1, 0.15) is 13.8 Å². The van der Waals surface area contributed by atoms with Crippen LogP contribution in [0.5, 0.6) is 0 Å². The molecule has 0 atom stereocenters. The van der Waals surface area contributed by atoms with Crippen LogP contribution in [0.15, 0.2) is 12.7 Å². The van der Waals surface area contributed by atoms with Crippen LogP contribution in [-0.2, 0) is 9.59 Å². The van der Waals surface area contributed by atoms with E-state index in [1.165, 1.54) is 0 Å². The Morgan fingerprint density at radius 3 is 2.88 bits per heavy atom. The van der Waals surface area contributed by atoms with Crippen LogP contribution in [0.2, 0.25) is 0 Å². The molecule has 0 aliphatic carbocycles. The van der Waals surface area contributed by atoms with Crippen LogP contribution < -0.4 is 5.32 Å². The second-order valence-electron chi connectivity index (χ2n) is 4.26. The highest BCUT2D eigenvalue weighted by atomic mass is 32.2. The molecular weight excluding hydrogens is 224 g/mol. The van der Waals surface area contributed by atoms with Gasteiger partial charge in [-0.05, 0) is 13.8 Å². The highest BCUT2D eigenvalue weighted by Crippen LogP contribution is 2.13. The molecule has 0 aromatic heterocycles. The first-order valence-corrected chi connectivity index (χ1v) is 6.42. The Morgan fingerprint density at radius 2 is 2.25 bits per heavy atom. The molecule has 1 aliphatic heterocycles. The maximum atomic E-state index is 11.9. The van der Waals surface area contributed by atoms with E-state index in [1.54, 1.807) is 30.5 Å². The van der Waals surface area contributed by atoms with Gasteiger partial charge >= 0.3 is 0 Å². The summed E-state index contributed by atoms with van der Waals surface area (Å²) in [5, 5.41) is 2.68. The van der Waals surface area contributed by atoms with Gasteiger partial charge in [-0.1, -0.05) is 6.08 Å². The number of rotatable bonds is 5. The number of hydrogen-bond donors (Lipinski definition) is 1. The third-order valence-electron chi connectivity index (χ3n) is 2.35. The maximum absolute atomic E-state index is 11.9. The van der Waals surface area contributed by atoms with Crippen LogP contribution in [-0.4, -0.2) is 46.8 Å². The van der Waals surface area contributed by atoms with Crippen molar-refractivity contribution in [1.82, 2.24) is 10.2 Å². The minimum atomic E-state index is -0.765. The molecule has 1 fully saturated rings. The highest BCUT2D eigenvalue weighted by Gasteiger charge is 2.38. The molecule has 90 valence electrons. The Balaban J connectivity index is 2.48. The largest absolute Gasteiger partial charge is 0.341 e. The van der Waals surface area contributed by atoms with Gasteiger partial charge in [-0.3, -0.25) is 9.59 Å². The molecule has 2 amide bonds. The van der Waals surface area contributed by atoms with Crippen LogP contribution >= 0.6 is 11.8 Å². The summed E-state index contributed by atoms with van der Waals surface area (Å²) in [4.78, 5) is 25.0. The first-order chi connectivity index (χ1) is 7.47. The average molecular weight is 242 g/mol. The minimum Gasteiger partial charge on any atom is -0.341 e. The minimum absolute atomic E-state index is 0.00805. The van der Waals surface area contributed by atoms with E-state index in [4.69, 9.17) is 0 Å². The van der Waals surface area contributed by atoms with Gasteiger partial charge in [0.25, 0.3) is 0 Å². The van der Waals surface area contributed by atoms with Crippen molar-refractivity contribution < 1.29 is 9.59 Å². The van der Waals surface area contributed by atoms with E-state index in [0.29, 0.717) is 6.54 Å². The predicted molar refractivity (Wildman–Crippen MR) is 66.3 cm³/mol. The van der Waals surface area contributed by atoms with Gasteiger partial charge in [0.1, 0.15) is 5.54 Å². The molecule has 0 radical (unpaired) electrons. The van der Waals surface area contributed by atoms with Crippen molar-refractivity contribution in [2.45, 2.75) is 19.4 Å². The van der Waals surface area contributed by atoms with E-state index in [0.717, 1.165) is 11.5 Å². The van der Waals surface area contributed by atoms with Crippen molar-refractivity contribution in [3.8, 4) is 0 Å². The first kappa shape index (κ1) is 13.1. The lowest BCUT2D eigenvalue weighted by Gasteiger charge is -2.37. The van der Waals surface area contributed by atoms with Gasteiger partial charge < -0.3 is 10.2 Å². The topological polar surface area (TPSA) is 49.4 Å². The summed E-state index contributed by atoms with van der Waals surface area (Å²) in [6, 6.07) is 0. The van der Waals surface area contributed by atoms with Crippen LogP contribution in [0, 0.1) is 0 Å². The van der Waals surface area contributed by atoms with Gasteiger partial charge in [-0.15, -0.1) is 6.58 Å². The van der Waals surface area contributed by atoms with Crippen molar-refractivity contribution in [2.24, 2.45) is 0 Å². The molecule has 1 heterocycles. The number of nitrogens with zero attached hydrogens (tertiary/aromatic N) is 1. The van der Waals surface area contributed by atoms with E-state index < -0.39 is 5.54 Å². The Morgan fingerprint density at radius 1 is 1.56 bits per heavy atom. The Labute approximate surface area is 100 Å². The lowest BCUT2D eigenvalue weighted by atomic mass is 10.0. The number of thioether (sulfide) groups is 1. The van der Waals surface area contributed by atoms with Crippen LogP contribution in [0.4, 0.5) is 0 Å². The summed E-state index contributed by atoms with van der Waals surface area (Å²) in [5.41, 5.74) is -0.765. The molecule has 1 saturated heterocycles. The molecular formula is C11H18N2O2S. The summed E-state index contributed by atoms with van der Waals surface area (Å²) in [6.45, 7) is 7.89. The van der Waals surface area contributed by atoms with Crippen LogP contribution in [0.3, 0.4) is 0 Å². The van der Waals surface area contributed by atoms with Crippen molar-refractivity contribution in [2.75, 3.05) is 24.6 Å². The molecule has 4 nitrogen and oxygen atoms in total. The molecule has 0 aromatic carbocycles. The number of piperazine rings is 1. The Hall–Kier alpha value is -0.970. The monoisotopic (exact) mass is 242 g/mol. The molecule has 0 spiro atoms. The Kier molecular flexibility index (Phi) is 4.41. The van der Waals surface area contributed by atoms with Crippen LogP contribution in [0.25, 0.3) is 0 Å². The summed E-state index contributed by atoms with van der Waals surface area (Å²) < 4.78 is 0. The third-order valence-corrected chi connectivity index (χ3v) is 3.29. The van der Waals surface area contributed by atoms with Gasteiger partial charge in [-0.2, -0.15) is 11.8 Å². The number of carbonyl (C=O) groups is 2. The lowest BCUT2D eigenvalue weighted by molar-refractivity contribution is -0.148. The van der Waals surface area contributed by atoms with Crippen molar-refractivity contribution in [1.29, 1.82) is 0 Å². The standard InChI is InChI=1S/C11H18N2O2S/c1-4-6-16-7-5-13-8-9(14)12-11(2,3)10(13)15/h4H,1,5-8H2,2-3H3,(H,12,14). The van der Waals surface area contributed by atoms with Crippen molar-refractivity contribution in [3.63, 3.8) is 0 Å². The Bertz CT molecular complexity index is 302. The average Bonchev–Trinajstić information content (AvgIpc) is 2.19. The molecule has 0 unspecified atom stereocenters. The van der Waals surface area contributed by atoms with Crippen molar-refractivity contribution in [3.05, 3.63) is 12.7 Å². The fraction of sp³-hybridized carbons (Fsp3) is 0.636. The van der Waals surface area contributed by atoms with E-state index in [2.05, 4.69) is 11.9 Å².